The van der Waals surface area contributed by atoms with Crippen molar-refractivity contribution in [3.63, 3.8) is 0 Å². The van der Waals surface area contributed by atoms with Gasteiger partial charge in [0.2, 0.25) is 0 Å². The van der Waals surface area contributed by atoms with Crippen molar-refractivity contribution in [2.75, 3.05) is 13.7 Å². The second-order valence-corrected chi connectivity index (χ2v) is 8.79. The van der Waals surface area contributed by atoms with Crippen molar-refractivity contribution in [2.45, 2.75) is 38.7 Å². The Kier molecular flexibility index (Phi) is 7.27. The van der Waals surface area contributed by atoms with Crippen LogP contribution in [0.4, 0.5) is 0 Å². The first-order valence-electron chi connectivity index (χ1n) is 11.4. The summed E-state index contributed by atoms with van der Waals surface area (Å²) in [6, 6.07) is 12.9. The number of Topliss-reactive ketones (excluding diaryl/α,β-unsaturated/α-hetero) is 1. The van der Waals surface area contributed by atoms with Crippen LogP contribution in [0, 0.1) is 5.92 Å². The molecule has 0 saturated heterocycles. The molecule has 0 spiro atoms. The summed E-state index contributed by atoms with van der Waals surface area (Å²) in [5, 5.41) is 3.88. The van der Waals surface area contributed by atoms with Crippen molar-refractivity contribution in [1.82, 2.24) is 5.32 Å². The number of methoxy groups -OCH3 is 1. The number of hydrogen-bond donors (Lipinski definition) is 1. The Labute approximate surface area is 204 Å². The van der Waals surface area contributed by atoms with Gasteiger partial charge in [0.25, 0.3) is 0 Å². The highest BCUT2D eigenvalue weighted by atomic mass is 35.5. The molecule has 0 saturated carbocycles. The molecular weight excluding hydrogens is 454 g/mol. The lowest BCUT2D eigenvalue weighted by Gasteiger charge is -2.38. The molecule has 6 nitrogen and oxygen atoms in total. The van der Waals surface area contributed by atoms with E-state index in [1.165, 1.54) is 0 Å². The Balaban J connectivity index is 1.70. The minimum atomic E-state index is -0.716. The molecule has 178 valence electrons. The van der Waals surface area contributed by atoms with Crippen LogP contribution in [0.1, 0.15) is 43.2 Å². The first kappa shape index (κ1) is 23.9. The average Bonchev–Trinajstić information content (AvgIpc) is 2.83. The summed E-state index contributed by atoms with van der Waals surface area (Å²) in [5.41, 5.74) is 3.76. The zero-order valence-electron chi connectivity index (χ0n) is 19.4. The zero-order valence-corrected chi connectivity index (χ0v) is 20.1. The molecule has 2 unspecified atom stereocenters. The van der Waals surface area contributed by atoms with Gasteiger partial charge >= 0.3 is 5.97 Å². The Bertz CT molecular complexity index is 1140. The molecule has 1 aliphatic carbocycles. The Hall–Kier alpha value is -3.25. The molecule has 0 radical (unpaired) electrons. The molecule has 0 aromatic heterocycles. The standard InChI is InChI=1S/C27H28ClNO5/c1-4-33-27(31)24-16(2)29-20-6-5-7-21(30)26(20)25(24)18-10-13-22(23(14-18)32-3)34-15-17-8-11-19(28)12-9-17/h8-14,24-25,29H,2,4-7,15H2,1,3H3. The van der Waals surface area contributed by atoms with Crippen LogP contribution >= 0.6 is 11.6 Å². The van der Waals surface area contributed by atoms with Crippen LogP contribution in [0.3, 0.4) is 0 Å². The van der Waals surface area contributed by atoms with Crippen LogP contribution in [0.2, 0.25) is 5.02 Å². The van der Waals surface area contributed by atoms with Crippen LogP contribution < -0.4 is 14.8 Å². The highest BCUT2D eigenvalue weighted by Crippen LogP contribution is 2.46. The first-order valence-corrected chi connectivity index (χ1v) is 11.7. The number of halogens is 1. The lowest BCUT2D eigenvalue weighted by atomic mass is 9.71. The first-order chi connectivity index (χ1) is 16.4. The average molecular weight is 482 g/mol. The molecule has 34 heavy (non-hydrogen) atoms. The van der Waals surface area contributed by atoms with Crippen LogP contribution in [-0.2, 0) is 20.9 Å². The smallest absolute Gasteiger partial charge is 0.315 e. The maximum atomic E-state index is 13.0. The van der Waals surface area contributed by atoms with E-state index in [-0.39, 0.29) is 12.4 Å². The largest absolute Gasteiger partial charge is 0.493 e. The van der Waals surface area contributed by atoms with Gasteiger partial charge in [-0.2, -0.15) is 0 Å². The molecule has 7 heteroatoms. The van der Waals surface area contributed by atoms with Crippen LogP contribution in [0.25, 0.3) is 0 Å². The summed E-state index contributed by atoms with van der Waals surface area (Å²) in [7, 11) is 1.56. The van der Waals surface area contributed by atoms with Crippen LogP contribution in [-0.4, -0.2) is 25.5 Å². The fourth-order valence-corrected chi connectivity index (χ4v) is 4.73. The summed E-state index contributed by atoms with van der Waals surface area (Å²) < 4.78 is 17.0. The highest BCUT2D eigenvalue weighted by Gasteiger charge is 2.44. The second-order valence-electron chi connectivity index (χ2n) is 8.35. The molecule has 2 aromatic carbocycles. The number of carbonyl (C=O) groups excluding carboxylic acids is 2. The Morgan fingerprint density at radius 3 is 2.62 bits per heavy atom. The quantitative estimate of drug-likeness (QED) is 0.540. The fourth-order valence-electron chi connectivity index (χ4n) is 4.60. The van der Waals surface area contributed by atoms with Gasteiger partial charge in [0.05, 0.1) is 13.7 Å². The molecule has 2 aromatic rings. The summed E-state index contributed by atoms with van der Waals surface area (Å²) in [5.74, 6) is -0.505. The van der Waals surface area contributed by atoms with Crippen molar-refractivity contribution in [1.29, 1.82) is 0 Å². The SMILES string of the molecule is C=C1NC2=C(C(=O)CCC2)C(c2ccc(OCc3ccc(Cl)cc3)c(OC)c2)C1C(=O)OCC. The molecule has 0 amide bonds. The third-order valence-electron chi connectivity index (χ3n) is 6.18. The predicted molar refractivity (Wildman–Crippen MR) is 130 cm³/mol. The van der Waals surface area contributed by atoms with Gasteiger partial charge in [0.1, 0.15) is 12.5 Å². The molecule has 2 atom stereocenters. The number of allylic oxidation sites excluding steroid dienone is 2. The van der Waals surface area contributed by atoms with E-state index in [2.05, 4.69) is 11.9 Å². The van der Waals surface area contributed by atoms with Crippen molar-refractivity contribution in [2.24, 2.45) is 5.92 Å². The maximum Gasteiger partial charge on any atom is 0.315 e. The van der Waals surface area contributed by atoms with Gasteiger partial charge in [-0.05, 0) is 55.2 Å². The third-order valence-corrected chi connectivity index (χ3v) is 6.43. The maximum absolute atomic E-state index is 13.0. The summed E-state index contributed by atoms with van der Waals surface area (Å²) >= 11 is 5.96. The minimum Gasteiger partial charge on any atom is -0.493 e. The number of ether oxygens (including phenoxy) is 3. The topological polar surface area (TPSA) is 73.9 Å². The second kappa shape index (κ2) is 10.3. The van der Waals surface area contributed by atoms with E-state index < -0.39 is 17.8 Å². The van der Waals surface area contributed by atoms with E-state index in [4.69, 9.17) is 25.8 Å². The van der Waals surface area contributed by atoms with E-state index in [0.717, 1.165) is 29.7 Å². The third kappa shape index (κ3) is 4.82. The Morgan fingerprint density at radius 2 is 1.91 bits per heavy atom. The summed E-state index contributed by atoms with van der Waals surface area (Å²) in [4.78, 5) is 26.0. The lowest BCUT2D eigenvalue weighted by Crippen LogP contribution is -2.41. The summed E-state index contributed by atoms with van der Waals surface area (Å²) in [6.45, 7) is 6.45. The fraction of sp³-hybridized carbons (Fsp3) is 0.333. The van der Waals surface area contributed by atoms with E-state index in [0.29, 0.717) is 40.8 Å². The van der Waals surface area contributed by atoms with Gasteiger partial charge in [-0.3, -0.25) is 9.59 Å². The van der Waals surface area contributed by atoms with Crippen molar-refractivity contribution in [3.8, 4) is 11.5 Å². The molecule has 2 aliphatic rings. The number of hydrogen-bond acceptors (Lipinski definition) is 6. The van der Waals surface area contributed by atoms with Crippen molar-refractivity contribution in [3.05, 3.63) is 82.2 Å². The molecular formula is C27H28ClNO5. The van der Waals surface area contributed by atoms with Crippen LogP contribution in [0.5, 0.6) is 11.5 Å². The molecule has 1 heterocycles. The number of nitrogens with one attached hydrogen (secondary N) is 1. The molecule has 4 rings (SSSR count). The number of esters is 1. The van der Waals surface area contributed by atoms with Gasteiger partial charge < -0.3 is 19.5 Å². The molecule has 1 N–H and O–H groups in total. The van der Waals surface area contributed by atoms with Crippen LogP contribution in [0.15, 0.2) is 66.0 Å². The van der Waals surface area contributed by atoms with Gasteiger partial charge in [-0.1, -0.05) is 36.4 Å². The Morgan fingerprint density at radius 1 is 1.15 bits per heavy atom. The van der Waals surface area contributed by atoms with Crippen molar-refractivity contribution >= 4 is 23.4 Å². The van der Waals surface area contributed by atoms with E-state index in [1.807, 2.05) is 42.5 Å². The monoisotopic (exact) mass is 481 g/mol. The van der Waals surface area contributed by atoms with Crippen molar-refractivity contribution < 1.29 is 23.8 Å². The van der Waals surface area contributed by atoms with E-state index >= 15 is 0 Å². The predicted octanol–water partition coefficient (Wildman–Crippen LogP) is 5.31. The molecule has 0 fully saturated rings. The van der Waals surface area contributed by atoms with Gasteiger partial charge in [0, 0.05) is 34.3 Å². The van der Waals surface area contributed by atoms with Gasteiger partial charge in [0.15, 0.2) is 17.3 Å². The number of ketones is 1. The number of benzene rings is 2. The number of carbonyl (C=O) groups is 2. The van der Waals surface area contributed by atoms with Gasteiger partial charge in [-0.15, -0.1) is 0 Å². The highest BCUT2D eigenvalue weighted by molar-refractivity contribution is 6.30. The van der Waals surface area contributed by atoms with E-state index in [1.54, 1.807) is 14.0 Å². The van der Waals surface area contributed by atoms with Gasteiger partial charge in [-0.25, -0.2) is 0 Å². The van der Waals surface area contributed by atoms with E-state index in [9.17, 15) is 9.59 Å². The lowest BCUT2D eigenvalue weighted by molar-refractivity contribution is -0.147. The number of rotatable bonds is 7. The molecule has 0 bridgehead atoms. The zero-order chi connectivity index (χ0) is 24.2. The molecule has 1 aliphatic heterocycles. The summed E-state index contributed by atoms with van der Waals surface area (Å²) in [6.07, 6.45) is 1.97. The minimum absolute atomic E-state index is 0.0441. The normalized spacial score (nSPS) is 19.9.